The first-order chi connectivity index (χ1) is 14.8. The lowest BCUT2D eigenvalue weighted by Gasteiger charge is -2.10. The van der Waals surface area contributed by atoms with E-state index in [9.17, 15) is 18.0 Å². The maximum Gasteiger partial charge on any atom is 0.573 e. The van der Waals surface area contributed by atoms with Crippen LogP contribution in [0.15, 0.2) is 67.0 Å². The molecule has 0 aliphatic heterocycles. The number of amides is 1. The van der Waals surface area contributed by atoms with Crippen molar-refractivity contribution in [1.82, 2.24) is 10.3 Å². The number of nitrogens with one attached hydrogen (secondary N) is 1. The molecule has 31 heavy (non-hydrogen) atoms. The molecule has 5 nitrogen and oxygen atoms in total. The van der Waals surface area contributed by atoms with E-state index in [0.29, 0.717) is 29.0 Å². The quantitative estimate of drug-likeness (QED) is 0.533. The normalized spacial score (nSPS) is 11.4. The molecular formula is C23H19F3N2O3. The SMILES string of the molecule is COc1ccc(C(=O)NCc2ccncc2)cc1C=Cc1ccc(OC(F)(F)F)cc1. The Kier molecular flexibility index (Phi) is 6.92. The van der Waals surface area contributed by atoms with Gasteiger partial charge < -0.3 is 14.8 Å². The van der Waals surface area contributed by atoms with Gasteiger partial charge in [-0.2, -0.15) is 0 Å². The molecule has 0 fully saturated rings. The van der Waals surface area contributed by atoms with Crippen LogP contribution in [-0.4, -0.2) is 24.4 Å². The Labute approximate surface area is 177 Å². The van der Waals surface area contributed by atoms with Crippen molar-refractivity contribution in [1.29, 1.82) is 0 Å². The third-order valence-corrected chi connectivity index (χ3v) is 4.26. The second kappa shape index (κ2) is 9.80. The molecule has 3 aromatic rings. The number of hydrogen-bond donors (Lipinski definition) is 1. The van der Waals surface area contributed by atoms with Crippen LogP contribution in [0.4, 0.5) is 13.2 Å². The van der Waals surface area contributed by atoms with Crippen molar-refractivity contribution in [3.8, 4) is 11.5 Å². The van der Waals surface area contributed by atoms with Gasteiger partial charge >= 0.3 is 6.36 Å². The molecule has 0 aliphatic carbocycles. The molecule has 0 aliphatic rings. The zero-order chi connectivity index (χ0) is 22.3. The summed E-state index contributed by atoms with van der Waals surface area (Å²) >= 11 is 0. The number of alkyl halides is 3. The van der Waals surface area contributed by atoms with Crippen molar-refractivity contribution in [2.75, 3.05) is 7.11 Å². The van der Waals surface area contributed by atoms with Crippen LogP contribution in [-0.2, 0) is 6.54 Å². The first-order valence-electron chi connectivity index (χ1n) is 9.23. The summed E-state index contributed by atoms with van der Waals surface area (Å²) in [7, 11) is 1.51. The number of carbonyl (C=O) groups is 1. The highest BCUT2D eigenvalue weighted by Crippen LogP contribution is 2.25. The van der Waals surface area contributed by atoms with Gasteiger partial charge in [0.25, 0.3) is 5.91 Å². The van der Waals surface area contributed by atoms with Crippen molar-refractivity contribution < 1.29 is 27.4 Å². The molecule has 0 atom stereocenters. The van der Waals surface area contributed by atoms with Gasteiger partial charge in [-0.15, -0.1) is 13.2 Å². The van der Waals surface area contributed by atoms with E-state index in [4.69, 9.17) is 4.74 Å². The third-order valence-electron chi connectivity index (χ3n) is 4.26. The van der Waals surface area contributed by atoms with Crippen molar-refractivity contribution in [3.63, 3.8) is 0 Å². The predicted octanol–water partition coefficient (Wildman–Crippen LogP) is 5.09. The van der Waals surface area contributed by atoms with Crippen LogP contribution in [0.5, 0.6) is 11.5 Å². The summed E-state index contributed by atoms with van der Waals surface area (Å²) in [6, 6.07) is 14.1. The zero-order valence-corrected chi connectivity index (χ0v) is 16.5. The van der Waals surface area contributed by atoms with Crippen LogP contribution in [0.2, 0.25) is 0 Å². The highest BCUT2D eigenvalue weighted by Gasteiger charge is 2.30. The van der Waals surface area contributed by atoms with Gasteiger partial charge in [0.2, 0.25) is 0 Å². The van der Waals surface area contributed by atoms with Crippen LogP contribution in [0, 0.1) is 0 Å². The number of ether oxygens (including phenoxy) is 2. The van der Waals surface area contributed by atoms with Crippen molar-refractivity contribution >= 4 is 18.1 Å². The monoisotopic (exact) mass is 428 g/mol. The van der Waals surface area contributed by atoms with E-state index in [1.807, 2.05) is 12.1 Å². The summed E-state index contributed by atoms with van der Waals surface area (Å²) in [5.41, 5.74) is 2.68. The van der Waals surface area contributed by atoms with E-state index >= 15 is 0 Å². The molecule has 2 aromatic carbocycles. The minimum atomic E-state index is -4.73. The van der Waals surface area contributed by atoms with Gasteiger partial charge in [0.1, 0.15) is 11.5 Å². The van der Waals surface area contributed by atoms with E-state index in [1.54, 1.807) is 42.7 Å². The molecule has 1 N–H and O–H groups in total. The smallest absolute Gasteiger partial charge is 0.496 e. The molecule has 160 valence electrons. The molecule has 1 aromatic heterocycles. The number of pyridine rings is 1. The van der Waals surface area contributed by atoms with Crippen LogP contribution < -0.4 is 14.8 Å². The molecule has 8 heteroatoms. The number of halogens is 3. The number of rotatable bonds is 7. The van der Waals surface area contributed by atoms with Gasteiger partial charge in [0.05, 0.1) is 7.11 Å². The summed E-state index contributed by atoms with van der Waals surface area (Å²) < 4.78 is 46.0. The first kappa shape index (κ1) is 21.9. The Morgan fingerprint density at radius 3 is 2.39 bits per heavy atom. The number of nitrogens with zero attached hydrogens (tertiary/aromatic N) is 1. The molecular weight excluding hydrogens is 409 g/mol. The number of aromatic nitrogens is 1. The maximum absolute atomic E-state index is 12.5. The van der Waals surface area contributed by atoms with Gasteiger partial charge in [-0.25, -0.2) is 0 Å². The van der Waals surface area contributed by atoms with E-state index < -0.39 is 6.36 Å². The van der Waals surface area contributed by atoms with Gasteiger partial charge in [-0.05, 0) is 53.6 Å². The fourth-order valence-corrected chi connectivity index (χ4v) is 2.76. The summed E-state index contributed by atoms with van der Waals surface area (Å²) in [5.74, 6) is 0.0109. The minimum Gasteiger partial charge on any atom is -0.496 e. The highest BCUT2D eigenvalue weighted by atomic mass is 19.4. The Hall–Kier alpha value is -3.81. The van der Waals surface area contributed by atoms with E-state index in [1.165, 1.54) is 31.4 Å². The molecule has 0 bridgehead atoms. The largest absolute Gasteiger partial charge is 0.573 e. The third kappa shape index (κ3) is 6.60. The Bertz CT molecular complexity index is 1050. The molecule has 0 unspecified atom stereocenters. The van der Waals surface area contributed by atoms with Crippen molar-refractivity contribution in [2.24, 2.45) is 0 Å². The second-order valence-corrected chi connectivity index (χ2v) is 6.45. The van der Waals surface area contributed by atoms with Crippen molar-refractivity contribution in [2.45, 2.75) is 12.9 Å². The summed E-state index contributed by atoms with van der Waals surface area (Å²) in [6.07, 6.45) is 1.99. The number of methoxy groups -OCH3 is 1. The van der Waals surface area contributed by atoms with E-state index in [-0.39, 0.29) is 11.7 Å². The molecule has 3 rings (SSSR count). The second-order valence-electron chi connectivity index (χ2n) is 6.45. The van der Waals surface area contributed by atoms with Gasteiger partial charge in [-0.1, -0.05) is 24.3 Å². The molecule has 1 heterocycles. The maximum atomic E-state index is 12.5. The Morgan fingerprint density at radius 1 is 1.03 bits per heavy atom. The van der Waals surface area contributed by atoms with Crippen LogP contribution in [0.3, 0.4) is 0 Å². The number of benzene rings is 2. The van der Waals surface area contributed by atoms with Crippen LogP contribution in [0.1, 0.15) is 27.0 Å². The molecule has 0 saturated heterocycles. The van der Waals surface area contributed by atoms with Crippen LogP contribution >= 0.6 is 0 Å². The zero-order valence-electron chi connectivity index (χ0n) is 16.5. The number of hydrogen-bond acceptors (Lipinski definition) is 4. The molecule has 0 radical (unpaired) electrons. The van der Waals surface area contributed by atoms with Crippen LogP contribution in [0.25, 0.3) is 12.2 Å². The summed E-state index contributed by atoms with van der Waals surface area (Å²) in [5, 5.41) is 2.84. The number of carbonyl (C=O) groups excluding carboxylic acids is 1. The van der Waals surface area contributed by atoms with Crippen molar-refractivity contribution in [3.05, 3.63) is 89.2 Å². The molecule has 0 spiro atoms. The van der Waals surface area contributed by atoms with E-state index in [2.05, 4.69) is 15.0 Å². The summed E-state index contributed by atoms with van der Waals surface area (Å²) in [6.45, 7) is 0.366. The fraction of sp³-hybridized carbons (Fsp3) is 0.130. The lowest BCUT2D eigenvalue weighted by Crippen LogP contribution is -2.22. The topological polar surface area (TPSA) is 60.5 Å². The van der Waals surface area contributed by atoms with Gasteiger partial charge in [0.15, 0.2) is 0 Å². The van der Waals surface area contributed by atoms with E-state index in [0.717, 1.165) is 5.56 Å². The lowest BCUT2D eigenvalue weighted by atomic mass is 10.1. The first-order valence-corrected chi connectivity index (χ1v) is 9.23. The molecule has 0 saturated carbocycles. The molecule has 1 amide bonds. The van der Waals surface area contributed by atoms with Gasteiger partial charge in [0, 0.05) is 30.1 Å². The average Bonchev–Trinajstić information content (AvgIpc) is 2.76. The standard InChI is InChI=1S/C23H19F3N2O3/c1-30-21-9-6-19(22(29)28-15-17-10-12-27-13-11-17)14-18(21)5-2-16-3-7-20(8-4-16)31-23(24,25)26/h2-14H,15H2,1H3,(H,28,29). The highest BCUT2D eigenvalue weighted by molar-refractivity contribution is 5.95. The minimum absolute atomic E-state index is 0.247. The predicted molar refractivity (Wildman–Crippen MR) is 110 cm³/mol. The Balaban J connectivity index is 1.72. The average molecular weight is 428 g/mol. The lowest BCUT2D eigenvalue weighted by molar-refractivity contribution is -0.274. The fourth-order valence-electron chi connectivity index (χ4n) is 2.76. The Morgan fingerprint density at radius 2 is 1.74 bits per heavy atom. The van der Waals surface area contributed by atoms with Gasteiger partial charge in [-0.3, -0.25) is 9.78 Å². The summed E-state index contributed by atoms with van der Waals surface area (Å²) in [4.78, 5) is 16.4.